The van der Waals surface area contributed by atoms with Crippen LogP contribution in [0.2, 0.25) is 5.02 Å². The number of nitrogens with two attached hydrogens (primary N) is 1. The third-order valence-electron chi connectivity index (χ3n) is 2.59. The molecule has 0 saturated carbocycles. The average molecular weight is 267 g/mol. The maximum absolute atomic E-state index is 6.22. The zero-order chi connectivity index (χ0) is 13.1. The van der Waals surface area contributed by atoms with Gasteiger partial charge in [0.05, 0.1) is 12.1 Å². The van der Waals surface area contributed by atoms with Crippen LogP contribution in [0.3, 0.4) is 0 Å². The molecule has 2 aromatic rings. The minimum Gasteiger partial charge on any atom is -0.497 e. The van der Waals surface area contributed by atoms with Crippen molar-refractivity contribution in [1.82, 2.24) is 14.8 Å². The third-order valence-corrected chi connectivity index (χ3v) is 2.90. The number of benzene rings is 1. The predicted octanol–water partition coefficient (Wildman–Crippen LogP) is 1.65. The Bertz CT molecular complexity index is 553. The fourth-order valence-corrected chi connectivity index (χ4v) is 1.97. The van der Waals surface area contributed by atoms with Crippen molar-refractivity contribution in [2.45, 2.75) is 6.42 Å². The van der Waals surface area contributed by atoms with Gasteiger partial charge in [-0.3, -0.25) is 0 Å². The number of aromatic nitrogens is 3. The van der Waals surface area contributed by atoms with E-state index in [2.05, 4.69) is 10.1 Å². The largest absolute Gasteiger partial charge is 0.497 e. The first kappa shape index (κ1) is 12.9. The molecule has 0 radical (unpaired) electrons. The van der Waals surface area contributed by atoms with Crippen LogP contribution in [0.4, 0.5) is 0 Å². The molecule has 96 valence electrons. The van der Waals surface area contributed by atoms with Crippen LogP contribution in [0, 0.1) is 0 Å². The van der Waals surface area contributed by atoms with Gasteiger partial charge in [-0.15, -0.1) is 0 Å². The smallest absolute Gasteiger partial charge is 0.159 e. The highest BCUT2D eigenvalue weighted by Crippen LogP contribution is 2.29. The summed E-state index contributed by atoms with van der Waals surface area (Å²) in [6, 6.07) is 5.48. The van der Waals surface area contributed by atoms with Crippen LogP contribution in [-0.2, 0) is 13.5 Å². The number of hydrogen-bond donors (Lipinski definition) is 1. The Hall–Kier alpha value is -1.59. The summed E-state index contributed by atoms with van der Waals surface area (Å²) in [5, 5.41) is 4.88. The van der Waals surface area contributed by atoms with Gasteiger partial charge >= 0.3 is 0 Å². The molecule has 0 unspecified atom stereocenters. The van der Waals surface area contributed by atoms with Crippen molar-refractivity contribution in [3.05, 3.63) is 29.0 Å². The van der Waals surface area contributed by atoms with Crippen molar-refractivity contribution in [2.24, 2.45) is 12.8 Å². The highest BCUT2D eigenvalue weighted by Gasteiger charge is 2.12. The number of halogens is 1. The SMILES string of the molecule is COc1ccc(-c2nc(CCN)nn2C)c(Cl)c1. The van der Waals surface area contributed by atoms with Crippen LogP contribution in [0.15, 0.2) is 18.2 Å². The van der Waals surface area contributed by atoms with Crippen molar-refractivity contribution < 1.29 is 4.74 Å². The van der Waals surface area contributed by atoms with Crippen LogP contribution in [0.1, 0.15) is 5.82 Å². The van der Waals surface area contributed by atoms with Gasteiger partial charge in [0.25, 0.3) is 0 Å². The Morgan fingerprint density at radius 1 is 1.44 bits per heavy atom. The predicted molar refractivity (Wildman–Crippen MR) is 70.8 cm³/mol. The molecular formula is C12H15ClN4O. The number of hydrogen-bond acceptors (Lipinski definition) is 4. The Morgan fingerprint density at radius 2 is 2.22 bits per heavy atom. The molecule has 2 N–H and O–H groups in total. The lowest BCUT2D eigenvalue weighted by Gasteiger charge is -2.05. The monoisotopic (exact) mass is 266 g/mol. The van der Waals surface area contributed by atoms with Crippen LogP contribution in [-0.4, -0.2) is 28.4 Å². The molecule has 0 spiro atoms. The van der Waals surface area contributed by atoms with E-state index in [0.29, 0.717) is 23.7 Å². The van der Waals surface area contributed by atoms with Crippen LogP contribution in [0.25, 0.3) is 11.4 Å². The van der Waals surface area contributed by atoms with Gasteiger partial charge in [0.1, 0.15) is 5.75 Å². The summed E-state index contributed by atoms with van der Waals surface area (Å²) in [6.45, 7) is 0.528. The molecule has 0 aliphatic rings. The second-order valence-corrected chi connectivity index (χ2v) is 4.27. The lowest BCUT2D eigenvalue weighted by atomic mass is 10.2. The zero-order valence-electron chi connectivity index (χ0n) is 10.4. The Kier molecular flexibility index (Phi) is 3.84. The van der Waals surface area contributed by atoms with Crippen molar-refractivity contribution in [3.63, 3.8) is 0 Å². The minimum absolute atomic E-state index is 0.528. The molecule has 6 heteroatoms. The molecule has 0 aliphatic carbocycles. The molecule has 0 saturated heterocycles. The van der Waals surface area contributed by atoms with E-state index in [-0.39, 0.29) is 0 Å². The number of aryl methyl sites for hydroxylation is 1. The second kappa shape index (κ2) is 5.37. The van der Waals surface area contributed by atoms with E-state index in [1.165, 1.54) is 0 Å². The molecular weight excluding hydrogens is 252 g/mol. The first-order valence-corrected chi connectivity index (χ1v) is 5.97. The average Bonchev–Trinajstić information content (AvgIpc) is 2.70. The molecule has 0 atom stereocenters. The number of rotatable bonds is 4. The molecule has 0 fully saturated rings. The van der Waals surface area contributed by atoms with Gasteiger partial charge in [-0.1, -0.05) is 11.6 Å². The molecule has 0 amide bonds. The van der Waals surface area contributed by atoms with Gasteiger partial charge in [-0.25, -0.2) is 9.67 Å². The molecule has 2 rings (SSSR count). The normalized spacial score (nSPS) is 10.7. The van der Waals surface area contributed by atoms with Crippen LogP contribution >= 0.6 is 11.6 Å². The van der Waals surface area contributed by atoms with Crippen molar-refractivity contribution in [2.75, 3.05) is 13.7 Å². The van der Waals surface area contributed by atoms with E-state index in [1.807, 2.05) is 19.2 Å². The maximum Gasteiger partial charge on any atom is 0.159 e. The summed E-state index contributed by atoms with van der Waals surface area (Å²) >= 11 is 6.22. The van der Waals surface area contributed by atoms with Gasteiger partial charge in [-0.2, -0.15) is 5.10 Å². The van der Waals surface area contributed by atoms with E-state index in [4.69, 9.17) is 22.1 Å². The quantitative estimate of drug-likeness (QED) is 0.914. The Labute approximate surface area is 111 Å². The summed E-state index contributed by atoms with van der Waals surface area (Å²) in [7, 11) is 3.44. The summed E-state index contributed by atoms with van der Waals surface area (Å²) < 4.78 is 6.82. The first-order chi connectivity index (χ1) is 8.65. The number of ether oxygens (including phenoxy) is 1. The summed E-state index contributed by atoms with van der Waals surface area (Å²) in [5.74, 6) is 2.17. The highest BCUT2D eigenvalue weighted by atomic mass is 35.5. The summed E-state index contributed by atoms with van der Waals surface area (Å²) in [5.41, 5.74) is 6.32. The molecule has 1 heterocycles. The van der Waals surface area contributed by atoms with Crippen molar-refractivity contribution in [1.29, 1.82) is 0 Å². The fourth-order valence-electron chi connectivity index (χ4n) is 1.71. The van der Waals surface area contributed by atoms with E-state index < -0.39 is 0 Å². The lowest BCUT2D eigenvalue weighted by molar-refractivity contribution is 0.415. The van der Waals surface area contributed by atoms with Crippen molar-refractivity contribution >= 4 is 11.6 Å². The topological polar surface area (TPSA) is 66.0 Å². The van der Waals surface area contributed by atoms with Gasteiger partial charge < -0.3 is 10.5 Å². The van der Waals surface area contributed by atoms with E-state index in [9.17, 15) is 0 Å². The van der Waals surface area contributed by atoms with Gasteiger partial charge in [0.2, 0.25) is 0 Å². The van der Waals surface area contributed by atoms with Gasteiger partial charge in [-0.05, 0) is 24.7 Å². The lowest BCUT2D eigenvalue weighted by Crippen LogP contribution is -2.04. The molecule has 18 heavy (non-hydrogen) atoms. The summed E-state index contributed by atoms with van der Waals surface area (Å²) in [6.07, 6.45) is 0.654. The molecule has 0 bridgehead atoms. The Balaban J connectivity index is 2.41. The maximum atomic E-state index is 6.22. The third kappa shape index (κ3) is 2.47. The van der Waals surface area contributed by atoms with Crippen LogP contribution < -0.4 is 10.5 Å². The molecule has 1 aromatic carbocycles. The molecule has 5 nitrogen and oxygen atoms in total. The first-order valence-electron chi connectivity index (χ1n) is 5.59. The van der Waals surface area contributed by atoms with Gasteiger partial charge in [0, 0.05) is 19.0 Å². The van der Waals surface area contributed by atoms with E-state index in [1.54, 1.807) is 17.9 Å². The van der Waals surface area contributed by atoms with Crippen LogP contribution in [0.5, 0.6) is 5.75 Å². The molecule has 1 aromatic heterocycles. The van der Waals surface area contributed by atoms with Crippen molar-refractivity contribution in [3.8, 4) is 17.1 Å². The Morgan fingerprint density at radius 3 is 2.83 bits per heavy atom. The fraction of sp³-hybridized carbons (Fsp3) is 0.333. The van der Waals surface area contributed by atoms with Gasteiger partial charge in [0.15, 0.2) is 11.6 Å². The molecule has 0 aliphatic heterocycles. The van der Waals surface area contributed by atoms with E-state index in [0.717, 1.165) is 17.2 Å². The standard InChI is InChI=1S/C12H15ClN4O/c1-17-12(15-11(16-17)5-6-14)9-4-3-8(18-2)7-10(9)13/h3-4,7H,5-6,14H2,1-2H3. The zero-order valence-corrected chi connectivity index (χ0v) is 11.1. The van der Waals surface area contributed by atoms with E-state index >= 15 is 0 Å². The highest BCUT2D eigenvalue weighted by molar-refractivity contribution is 6.33. The second-order valence-electron chi connectivity index (χ2n) is 3.86. The number of methoxy groups -OCH3 is 1. The minimum atomic E-state index is 0.528. The number of nitrogens with zero attached hydrogens (tertiary/aromatic N) is 3. The summed E-state index contributed by atoms with van der Waals surface area (Å²) in [4.78, 5) is 4.43.